The zero-order valence-corrected chi connectivity index (χ0v) is 10.8. The number of benzene rings is 1. The lowest BCUT2D eigenvalue weighted by atomic mass is 9.73. The van der Waals surface area contributed by atoms with Crippen molar-refractivity contribution in [3.8, 4) is 0 Å². The number of para-hydroxylation sites is 1. The van der Waals surface area contributed by atoms with Gasteiger partial charge in [0.05, 0.1) is 22.5 Å². The molecule has 1 saturated carbocycles. The van der Waals surface area contributed by atoms with Crippen molar-refractivity contribution in [2.75, 3.05) is 23.3 Å². The molecule has 1 N–H and O–H groups in total. The van der Waals surface area contributed by atoms with E-state index in [9.17, 15) is 13.2 Å². The first kappa shape index (κ1) is 12.6. The van der Waals surface area contributed by atoms with Crippen LogP contribution in [0, 0.1) is 0 Å². The molecular formula is C14H17F3N2. The number of rotatable bonds is 1. The Bertz CT molecular complexity index is 492. The van der Waals surface area contributed by atoms with E-state index in [0.717, 1.165) is 25.8 Å². The summed E-state index contributed by atoms with van der Waals surface area (Å²) < 4.78 is 39.6. The van der Waals surface area contributed by atoms with Gasteiger partial charge in [-0.25, -0.2) is 0 Å². The fraction of sp³-hybridized carbons (Fsp3) is 0.571. The van der Waals surface area contributed by atoms with Crippen LogP contribution in [0.1, 0.15) is 31.7 Å². The van der Waals surface area contributed by atoms with Crippen molar-refractivity contribution in [1.29, 1.82) is 0 Å². The number of nitrogens with one attached hydrogen (secondary N) is 1. The zero-order chi connectivity index (χ0) is 13.7. The molecule has 1 fully saturated rings. The maximum Gasteiger partial charge on any atom is 0.418 e. The van der Waals surface area contributed by atoms with E-state index in [4.69, 9.17) is 0 Å². The number of alkyl halides is 3. The Morgan fingerprint density at radius 3 is 2.58 bits per heavy atom. The van der Waals surface area contributed by atoms with Crippen molar-refractivity contribution < 1.29 is 13.2 Å². The first-order valence-corrected chi connectivity index (χ1v) is 6.70. The Kier molecular flexibility index (Phi) is 2.69. The Balaban J connectivity index is 2.14. The fourth-order valence-corrected chi connectivity index (χ4v) is 3.32. The number of hydrogen-bond donors (Lipinski definition) is 1. The van der Waals surface area contributed by atoms with E-state index in [2.05, 4.69) is 5.32 Å². The van der Waals surface area contributed by atoms with Crippen molar-refractivity contribution in [1.82, 2.24) is 0 Å². The van der Waals surface area contributed by atoms with Gasteiger partial charge in [-0.2, -0.15) is 13.2 Å². The summed E-state index contributed by atoms with van der Waals surface area (Å²) in [7, 11) is 0. The van der Waals surface area contributed by atoms with E-state index in [-0.39, 0.29) is 5.54 Å². The van der Waals surface area contributed by atoms with E-state index in [1.807, 2.05) is 11.8 Å². The van der Waals surface area contributed by atoms with Crippen LogP contribution >= 0.6 is 0 Å². The quantitative estimate of drug-likeness (QED) is 0.833. The van der Waals surface area contributed by atoms with Gasteiger partial charge in [0.15, 0.2) is 0 Å². The number of nitrogens with zero attached hydrogens (tertiary/aromatic N) is 1. The van der Waals surface area contributed by atoms with Gasteiger partial charge in [-0.1, -0.05) is 6.07 Å². The van der Waals surface area contributed by atoms with Crippen LogP contribution in [0.15, 0.2) is 18.2 Å². The zero-order valence-electron chi connectivity index (χ0n) is 10.8. The highest BCUT2D eigenvalue weighted by atomic mass is 19.4. The molecule has 0 saturated heterocycles. The average Bonchev–Trinajstić information content (AvgIpc) is 2.33. The Morgan fingerprint density at radius 1 is 1.32 bits per heavy atom. The fourth-order valence-electron chi connectivity index (χ4n) is 3.32. The Labute approximate surface area is 110 Å². The summed E-state index contributed by atoms with van der Waals surface area (Å²) >= 11 is 0. The van der Waals surface area contributed by atoms with E-state index in [1.54, 1.807) is 6.07 Å². The van der Waals surface area contributed by atoms with Crippen LogP contribution in [-0.2, 0) is 6.18 Å². The SMILES string of the molecule is CCN1c2c(cccc2C(F)(F)F)NCC12CCC2. The van der Waals surface area contributed by atoms with E-state index in [1.165, 1.54) is 12.1 Å². The highest BCUT2D eigenvalue weighted by molar-refractivity contribution is 5.78. The third-order valence-corrected chi connectivity index (χ3v) is 4.39. The topological polar surface area (TPSA) is 15.3 Å². The summed E-state index contributed by atoms with van der Waals surface area (Å²) in [4.78, 5) is 1.96. The molecule has 1 aliphatic carbocycles. The number of likely N-dealkylation sites (N-methyl/N-ethyl adjacent to an activating group) is 1. The van der Waals surface area contributed by atoms with Crippen molar-refractivity contribution in [2.45, 2.75) is 37.9 Å². The first-order valence-electron chi connectivity index (χ1n) is 6.70. The number of fused-ring (bicyclic) bond motifs is 1. The normalized spacial score (nSPS) is 20.7. The molecule has 1 spiro atoms. The molecule has 104 valence electrons. The summed E-state index contributed by atoms with van der Waals surface area (Å²) in [6.45, 7) is 3.29. The minimum Gasteiger partial charge on any atom is -0.381 e. The van der Waals surface area contributed by atoms with Crippen molar-refractivity contribution >= 4 is 11.4 Å². The van der Waals surface area contributed by atoms with Crippen LogP contribution in [0.4, 0.5) is 24.5 Å². The average molecular weight is 270 g/mol. The van der Waals surface area contributed by atoms with Gasteiger partial charge in [0.1, 0.15) is 0 Å². The first-order chi connectivity index (χ1) is 8.98. The Hall–Kier alpha value is -1.39. The molecule has 1 heterocycles. The van der Waals surface area contributed by atoms with Gasteiger partial charge < -0.3 is 10.2 Å². The molecule has 0 unspecified atom stereocenters. The van der Waals surface area contributed by atoms with E-state index < -0.39 is 11.7 Å². The van der Waals surface area contributed by atoms with Crippen LogP contribution in [0.5, 0.6) is 0 Å². The molecular weight excluding hydrogens is 253 g/mol. The van der Waals surface area contributed by atoms with Crippen LogP contribution in [-0.4, -0.2) is 18.6 Å². The summed E-state index contributed by atoms with van der Waals surface area (Å²) in [5, 5.41) is 3.19. The highest BCUT2D eigenvalue weighted by Gasteiger charge is 2.48. The van der Waals surface area contributed by atoms with Gasteiger partial charge in [-0.05, 0) is 38.3 Å². The van der Waals surface area contributed by atoms with Crippen LogP contribution in [0.2, 0.25) is 0 Å². The maximum atomic E-state index is 13.2. The predicted molar refractivity (Wildman–Crippen MR) is 69.5 cm³/mol. The van der Waals surface area contributed by atoms with Crippen LogP contribution in [0.3, 0.4) is 0 Å². The number of halogens is 3. The second-order valence-electron chi connectivity index (χ2n) is 5.38. The third-order valence-electron chi connectivity index (χ3n) is 4.39. The predicted octanol–water partition coefficient (Wildman–Crippen LogP) is 3.88. The summed E-state index contributed by atoms with van der Waals surface area (Å²) in [6.07, 6.45) is -1.26. The molecule has 0 amide bonds. The standard InChI is InChI=1S/C14H17F3N2/c1-2-19-12-10(14(15,16)17)5-3-6-11(12)18-9-13(19)7-4-8-13/h3,5-6,18H,2,4,7-9H2,1H3. The molecule has 3 rings (SSSR count). The molecule has 1 aromatic carbocycles. The van der Waals surface area contributed by atoms with E-state index in [0.29, 0.717) is 17.9 Å². The maximum absolute atomic E-state index is 13.2. The van der Waals surface area contributed by atoms with Crippen LogP contribution in [0.25, 0.3) is 0 Å². The molecule has 0 radical (unpaired) electrons. The van der Waals surface area contributed by atoms with Crippen LogP contribution < -0.4 is 10.2 Å². The lowest BCUT2D eigenvalue weighted by Crippen LogP contribution is -2.61. The van der Waals surface area contributed by atoms with Gasteiger partial charge in [0.2, 0.25) is 0 Å². The molecule has 5 heteroatoms. The van der Waals surface area contributed by atoms with Gasteiger partial charge in [0, 0.05) is 13.1 Å². The minimum atomic E-state index is -4.30. The summed E-state index contributed by atoms with van der Waals surface area (Å²) in [5.41, 5.74) is 0.311. The molecule has 2 nitrogen and oxygen atoms in total. The minimum absolute atomic E-state index is 0.108. The molecule has 19 heavy (non-hydrogen) atoms. The van der Waals surface area contributed by atoms with Gasteiger partial charge in [0.25, 0.3) is 0 Å². The highest BCUT2D eigenvalue weighted by Crippen LogP contribution is 2.50. The van der Waals surface area contributed by atoms with Crippen molar-refractivity contribution in [3.63, 3.8) is 0 Å². The molecule has 0 bridgehead atoms. The number of hydrogen-bond acceptors (Lipinski definition) is 2. The van der Waals surface area contributed by atoms with Crippen molar-refractivity contribution in [3.05, 3.63) is 23.8 Å². The lowest BCUT2D eigenvalue weighted by molar-refractivity contribution is -0.137. The second kappa shape index (κ2) is 4.05. The molecule has 1 aliphatic heterocycles. The largest absolute Gasteiger partial charge is 0.418 e. The van der Waals surface area contributed by atoms with Gasteiger partial charge in [-0.15, -0.1) is 0 Å². The van der Waals surface area contributed by atoms with E-state index >= 15 is 0 Å². The molecule has 2 aliphatic rings. The third kappa shape index (κ3) is 1.78. The second-order valence-corrected chi connectivity index (χ2v) is 5.38. The Morgan fingerprint density at radius 2 is 2.05 bits per heavy atom. The summed E-state index contributed by atoms with van der Waals surface area (Å²) in [5.74, 6) is 0. The smallest absolute Gasteiger partial charge is 0.381 e. The van der Waals surface area contributed by atoms with Crippen molar-refractivity contribution in [2.24, 2.45) is 0 Å². The molecule has 0 atom stereocenters. The molecule has 1 aromatic rings. The summed E-state index contributed by atoms with van der Waals surface area (Å²) in [6, 6.07) is 4.39. The molecule has 0 aromatic heterocycles. The van der Waals surface area contributed by atoms with Gasteiger partial charge >= 0.3 is 6.18 Å². The van der Waals surface area contributed by atoms with Gasteiger partial charge in [-0.3, -0.25) is 0 Å². The monoisotopic (exact) mass is 270 g/mol. The number of anilines is 2. The lowest BCUT2D eigenvalue weighted by Gasteiger charge is -2.55.